The molecule has 1 aromatic heterocycles. The molecule has 2 aromatic carbocycles. The molecule has 0 bridgehead atoms. The van der Waals surface area contributed by atoms with Crippen molar-refractivity contribution in [1.29, 1.82) is 0 Å². The van der Waals surface area contributed by atoms with E-state index in [1.54, 1.807) is 6.20 Å². The molecule has 2 N–H and O–H groups in total. The van der Waals surface area contributed by atoms with E-state index < -0.39 is 0 Å². The highest BCUT2D eigenvalue weighted by Crippen LogP contribution is 2.30. The molecule has 0 radical (unpaired) electrons. The summed E-state index contributed by atoms with van der Waals surface area (Å²) in [5, 5.41) is 14.3. The van der Waals surface area contributed by atoms with Crippen LogP contribution in [0.15, 0.2) is 76.8 Å². The van der Waals surface area contributed by atoms with Gasteiger partial charge in [-0.1, -0.05) is 42.5 Å². The zero-order valence-electron chi connectivity index (χ0n) is 15.1. The van der Waals surface area contributed by atoms with Gasteiger partial charge in [-0.2, -0.15) is 4.99 Å². The van der Waals surface area contributed by atoms with Gasteiger partial charge in [0.2, 0.25) is 0 Å². The number of hydrogen-bond donors (Lipinski definition) is 2. The average Bonchev–Trinajstić information content (AvgIpc) is 3.07. The van der Waals surface area contributed by atoms with Crippen molar-refractivity contribution in [2.75, 3.05) is 6.61 Å². The number of amidine groups is 1. The first kappa shape index (κ1) is 18.4. The van der Waals surface area contributed by atoms with Gasteiger partial charge < -0.3 is 10.4 Å². The van der Waals surface area contributed by atoms with Crippen LogP contribution in [-0.4, -0.2) is 27.8 Å². The summed E-state index contributed by atoms with van der Waals surface area (Å²) in [7, 11) is 0. The van der Waals surface area contributed by atoms with Crippen molar-refractivity contribution in [3.8, 4) is 0 Å². The standard InChI is InChI=1S/C22H19N3O2S/c26-12-10-19(16-5-2-1-3-6-16)24-22-25-21(27)20(28-22)14-15-8-9-18-17(13-15)7-4-11-23-18/h1-9,11,13-14,19,26H,10,12H2,(H,24,25,27)/b20-14-. The van der Waals surface area contributed by atoms with E-state index in [1.165, 1.54) is 11.8 Å². The van der Waals surface area contributed by atoms with Crippen molar-refractivity contribution < 1.29 is 9.90 Å². The average molecular weight is 389 g/mol. The minimum absolute atomic E-state index is 0.0479. The lowest BCUT2D eigenvalue weighted by molar-refractivity contribution is -0.113. The first-order valence-corrected chi connectivity index (χ1v) is 9.84. The van der Waals surface area contributed by atoms with Gasteiger partial charge in [0, 0.05) is 18.2 Å². The minimum Gasteiger partial charge on any atom is -0.396 e. The molecule has 0 saturated carbocycles. The maximum Gasteiger partial charge on any atom is 0.286 e. The number of fused-ring (bicyclic) bond motifs is 1. The predicted molar refractivity (Wildman–Crippen MR) is 114 cm³/mol. The Morgan fingerprint density at radius 2 is 1.96 bits per heavy atom. The molecule has 1 amide bonds. The van der Waals surface area contributed by atoms with Crippen LogP contribution >= 0.6 is 11.8 Å². The van der Waals surface area contributed by atoms with E-state index >= 15 is 0 Å². The zero-order chi connectivity index (χ0) is 19.3. The van der Waals surface area contributed by atoms with Crippen LogP contribution in [0.3, 0.4) is 0 Å². The molecule has 0 aliphatic carbocycles. The van der Waals surface area contributed by atoms with E-state index in [2.05, 4.69) is 15.3 Å². The molecule has 140 valence electrons. The molecule has 1 atom stereocenters. The Kier molecular flexibility index (Phi) is 5.50. The molecule has 1 aliphatic heterocycles. The second-order valence-electron chi connectivity index (χ2n) is 6.41. The van der Waals surface area contributed by atoms with E-state index in [4.69, 9.17) is 0 Å². The van der Waals surface area contributed by atoms with Crippen LogP contribution in [0.5, 0.6) is 0 Å². The van der Waals surface area contributed by atoms with Gasteiger partial charge in [-0.3, -0.25) is 9.78 Å². The Morgan fingerprint density at radius 3 is 2.79 bits per heavy atom. The van der Waals surface area contributed by atoms with Crippen LogP contribution in [-0.2, 0) is 4.79 Å². The van der Waals surface area contributed by atoms with Gasteiger partial charge in [0.15, 0.2) is 5.17 Å². The molecule has 0 spiro atoms. The van der Waals surface area contributed by atoms with Gasteiger partial charge >= 0.3 is 0 Å². The molecule has 6 heteroatoms. The van der Waals surface area contributed by atoms with Gasteiger partial charge in [-0.25, -0.2) is 0 Å². The maximum absolute atomic E-state index is 12.4. The Labute approximate surface area is 167 Å². The number of carbonyl (C=O) groups excluding carboxylic acids is 1. The number of aliphatic hydroxyl groups excluding tert-OH is 1. The zero-order valence-corrected chi connectivity index (χ0v) is 15.9. The smallest absolute Gasteiger partial charge is 0.286 e. The molecule has 0 saturated heterocycles. The molecular weight excluding hydrogens is 370 g/mol. The first-order valence-electron chi connectivity index (χ1n) is 9.02. The van der Waals surface area contributed by atoms with E-state index in [0.717, 1.165) is 22.0 Å². The molecule has 28 heavy (non-hydrogen) atoms. The monoisotopic (exact) mass is 389 g/mol. The van der Waals surface area contributed by atoms with Crippen molar-refractivity contribution in [3.05, 3.63) is 82.9 Å². The maximum atomic E-state index is 12.4. The van der Waals surface area contributed by atoms with Crippen molar-refractivity contribution in [2.45, 2.75) is 12.5 Å². The summed E-state index contributed by atoms with van der Waals surface area (Å²) in [6.45, 7) is 0.0479. The van der Waals surface area contributed by atoms with Crippen LogP contribution in [0.4, 0.5) is 0 Å². The lowest BCUT2D eigenvalue weighted by Gasteiger charge is -2.18. The lowest BCUT2D eigenvalue weighted by Crippen LogP contribution is -2.26. The fourth-order valence-corrected chi connectivity index (χ4v) is 3.96. The fraction of sp³-hybridized carbons (Fsp3) is 0.136. The van der Waals surface area contributed by atoms with Gasteiger partial charge in [-0.15, -0.1) is 0 Å². The number of aromatic nitrogens is 1. The van der Waals surface area contributed by atoms with Crippen molar-refractivity contribution in [1.82, 2.24) is 10.3 Å². The summed E-state index contributed by atoms with van der Waals surface area (Å²) in [6.07, 6.45) is 4.15. The number of nitrogens with one attached hydrogen (secondary N) is 1. The highest BCUT2D eigenvalue weighted by Gasteiger charge is 2.24. The quantitative estimate of drug-likeness (QED) is 0.647. The van der Waals surface area contributed by atoms with Crippen LogP contribution in [0.25, 0.3) is 17.0 Å². The van der Waals surface area contributed by atoms with Crippen molar-refractivity contribution in [3.63, 3.8) is 0 Å². The number of rotatable bonds is 5. The van der Waals surface area contributed by atoms with Crippen LogP contribution in [0, 0.1) is 0 Å². The number of benzene rings is 2. The SMILES string of the molecule is O=C1N=C(NC(CCO)c2ccccc2)S/C1=C\c1ccc2ncccc2c1. The Morgan fingerprint density at radius 1 is 1.11 bits per heavy atom. The number of thioether (sulfide) groups is 1. The number of aliphatic imine (C=N–C) groups is 1. The molecule has 1 aliphatic rings. The summed E-state index contributed by atoms with van der Waals surface area (Å²) in [4.78, 5) is 21.4. The predicted octanol–water partition coefficient (Wildman–Crippen LogP) is 3.92. The number of amides is 1. The third kappa shape index (κ3) is 4.13. The topological polar surface area (TPSA) is 74.6 Å². The molecule has 3 aromatic rings. The molecule has 1 unspecified atom stereocenters. The number of hydrogen-bond acceptors (Lipinski definition) is 5. The summed E-state index contributed by atoms with van der Waals surface area (Å²) in [5.41, 5.74) is 2.90. The van der Waals surface area contributed by atoms with E-state index in [9.17, 15) is 9.90 Å². The van der Waals surface area contributed by atoms with E-state index in [0.29, 0.717) is 16.5 Å². The van der Waals surface area contributed by atoms with Gasteiger partial charge in [-0.05, 0) is 53.6 Å². The number of nitrogens with zero attached hydrogens (tertiary/aromatic N) is 2. The van der Waals surface area contributed by atoms with Gasteiger partial charge in [0.25, 0.3) is 5.91 Å². The third-order valence-electron chi connectivity index (χ3n) is 4.46. The minimum atomic E-state index is -0.255. The molecule has 2 heterocycles. The number of carbonyl (C=O) groups is 1. The van der Waals surface area contributed by atoms with E-state index in [1.807, 2.05) is 66.7 Å². The second-order valence-corrected chi connectivity index (χ2v) is 7.44. The second kappa shape index (κ2) is 8.37. The molecule has 4 rings (SSSR count). The first-order chi connectivity index (χ1) is 13.7. The Balaban J connectivity index is 1.52. The highest BCUT2D eigenvalue weighted by atomic mass is 32.2. The summed E-state index contributed by atoms with van der Waals surface area (Å²) in [6, 6.07) is 19.5. The third-order valence-corrected chi connectivity index (χ3v) is 5.38. The number of aliphatic hydroxyl groups is 1. The molecular formula is C22H19N3O2S. The van der Waals surface area contributed by atoms with Crippen molar-refractivity contribution >= 4 is 39.8 Å². The normalized spacial score (nSPS) is 16.4. The fourth-order valence-electron chi connectivity index (χ4n) is 3.09. The summed E-state index contributed by atoms with van der Waals surface area (Å²) < 4.78 is 0. The Hall–Kier alpha value is -2.96. The summed E-state index contributed by atoms with van der Waals surface area (Å²) >= 11 is 1.32. The lowest BCUT2D eigenvalue weighted by atomic mass is 10.0. The van der Waals surface area contributed by atoms with Crippen LogP contribution < -0.4 is 5.32 Å². The Bertz CT molecular complexity index is 1060. The molecule has 0 fully saturated rings. The van der Waals surface area contributed by atoms with Crippen molar-refractivity contribution in [2.24, 2.45) is 4.99 Å². The van der Waals surface area contributed by atoms with Crippen LogP contribution in [0.1, 0.15) is 23.6 Å². The van der Waals surface area contributed by atoms with Crippen LogP contribution in [0.2, 0.25) is 0 Å². The molecule has 5 nitrogen and oxygen atoms in total. The summed E-state index contributed by atoms with van der Waals surface area (Å²) in [5.74, 6) is -0.255. The highest BCUT2D eigenvalue weighted by molar-refractivity contribution is 8.18. The van der Waals surface area contributed by atoms with E-state index in [-0.39, 0.29) is 18.6 Å². The van der Waals surface area contributed by atoms with Gasteiger partial charge in [0.05, 0.1) is 16.5 Å². The van der Waals surface area contributed by atoms with Gasteiger partial charge in [0.1, 0.15) is 0 Å². The number of pyridine rings is 1. The largest absolute Gasteiger partial charge is 0.396 e.